The van der Waals surface area contributed by atoms with Crippen molar-refractivity contribution in [1.82, 2.24) is 0 Å². The molecule has 1 nitrogen and oxygen atoms in total. The molecule has 0 fully saturated rings. The second-order valence-electron chi connectivity index (χ2n) is 2.81. The Labute approximate surface area is 87.3 Å². The summed E-state index contributed by atoms with van der Waals surface area (Å²) in [4.78, 5) is 0. The molecule has 1 aromatic rings. The van der Waals surface area contributed by atoms with E-state index in [0.29, 0.717) is 3.92 Å². The van der Waals surface area contributed by atoms with Gasteiger partial charge in [0.25, 0.3) is 0 Å². The Morgan fingerprint density at radius 2 is 1.75 bits per heavy atom. The molecule has 66 valence electrons. The highest BCUT2D eigenvalue weighted by atomic mass is 127. The Kier molecular flexibility index (Phi) is 3.85. The van der Waals surface area contributed by atoms with E-state index in [1.807, 2.05) is 30.3 Å². The summed E-state index contributed by atoms with van der Waals surface area (Å²) in [5.41, 5.74) is 0. The van der Waals surface area contributed by atoms with Crippen LogP contribution in [0.5, 0.6) is 5.75 Å². The Morgan fingerprint density at radius 1 is 1.17 bits per heavy atom. The minimum atomic E-state index is 0.271. The van der Waals surface area contributed by atoms with Gasteiger partial charge in [-0.3, -0.25) is 0 Å². The van der Waals surface area contributed by atoms with Crippen LogP contribution in [0.15, 0.2) is 30.3 Å². The van der Waals surface area contributed by atoms with Crippen LogP contribution in [0.25, 0.3) is 0 Å². The lowest BCUT2D eigenvalue weighted by Crippen LogP contribution is -2.20. The lowest BCUT2D eigenvalue weighted by Gasteiger charge is -2.16. The van der Waals surface area contributed by atoms with Gasteiger partial charge in [0.2, 0.25) is 0 Å². The minimum Gasteiger partial charge on any atom is -0.490 e. The van der Waals surface area contributed by atoms with Gasteiger partial charge in [0.1, 0.15) is 11.9 Å². The average Bonchev–Trinajstić information content (AvgIpc) is 2.06. The number of alkyl halides is 1. The van der Waals surface area contributed by atoms with E-state index in [-0.39, 0.29) is 6.10 Å². The summed E-state index contributed by atoms with van der Waals surface area (Å²) in [5.74, 6) is 0.952. The predicted molar refractivity (Wildman–Crippen MR) is 60.0 cm³/mol. The molecule has 1 rings (SSSR count). The zero-order valence-corrected chi connectivity index (χ0v) is 9.49. The van der Waals surface area contributed by atoms with E-state index in [4.69, 9.17) is 4.74 Å². The van der Waals surface area contributed by atoms with E-state index in [0.717, 1.165) is 5.75 Å². The minimum absolute atomic E-state index is 0.271. The van der Waals surface area contributed by atoms with Crippen molar-refractivity contribution in [2.75, 3.05) is 0 Å². The standard InChI is InChI=1S/C10H13IO/c1-8(11)9(2)12-10-6-4-3-5-7-10/h3-9H,1-2H3. The second-order valence-corrected chi connectivity index (χ2v) is 4.78. The van der Waals surface area contributed by atoms with Gasteiger partial charge in [0.15, 0.2) is 0 Å². The number of rotatable bonds is 3. The van der Waals surface area contributed by atoms with Crippen molar-refractivity contribution in [2.24, 2.45) is 0 Å². The van der Waals surface area contributed by atoms with Crippen molar-refractivity contribution >= 4 is 22.6 Å². The van der Waals surface area contributed by atoms with Gasteiger partial charge in [-0.1, -0.05) is 40.8 Å². The first-order chi connectivity index (χ1) is 5.70. The van der Waals surface area contributed by atoms with Crippen molar-refractivity contribution in [3.63, 3.8) is 0 Å². The zero-order valence-electron chi connectivity index (χ0n) is 7.33. The summed E-state index contributed by atoms with van der Waals surface area (Å²) in [6.45, 7) is 4.23. The van der Waals surface area contributed by atoms with Gasteiger partial charge in [0, 0.05) is 3.92 Å². The highest BCUT2D eigenvalue weighted by molar-refractivity contribution is 14.1. The molecule has 0 aromatic heterocycles. The molecule has 2 unspecified atom stereocenters. The van der Waals surface area contributed by atoms with Gasteiger partial charge in [-0.2, -0.15) is 0 Å². The Morgan fingerprint density at radius 3 is 2.25 bits per heavy atom. The zero-order chi connectivity index (χ0) is 8.97. The molecule has 2 atom stereocenters. The number of para-hydroxylation sites is 1. The van der Waals surface area contributed by atoms with Gasteiger partial charge in [-0.15, -0.1) is 0 Å². The van der Waals surface area contributed by atoms with Crippen LogP contribution in [-0.2, 0) is 0 Å². The van der Waals surface area contributed by atoms with E-state index in [1.165, 1.54) is 0 Å². The van der Waals surface area contributed by atoms with Crippen molar-refractivity contribution < 1.29 is 4.74 Å². The lowest BCUT2D eigenvalue weighted by molar-refractivity contribution is 0.227. The highest BCUT2D eigenvalue weighted by Crippen LogP contribution is 2.15. The molecule has 0 radical (unpaired) electrons. The highest BCUT2D eigenvalue weighted by Gasteiger charge is 2.08. The maximum atomic E-state index is 5.67. The van der Waals surface area contributed by atoms with Crippen molar-refractivity contribution in [3.05, 3.63) is 30.3 Å². The van der Waals surface area contributed by atoms with Crippen molar-refractivity contribution in [1.29, 1.82) is 0 Å². The monoisotopic (exact) mass is 276 g/mol. The van der Waals surface area contributed by atoms with Gasteiger partial charge in [-0.05, 0) is 26.0 Å². The van der Waals surface area contributed by atoms with Crippen LogP contribution in [0.4, 0.5) is 0 Å². The largest absolute Gasteiger partial charge is 0.490 e. The molecule has 0 aliphatic heterocycles. The molecular weight excluding hydrogens is 263 g/mol. The topological polar surface area (TPSA) is 9.23 Å². The Bertz CT molecular complexity index is 221. The molecule has 0 heterocycles. The van der Waals surface area contributed by atoms with E-state index in [2.05, 4.69) is 36.4 Å². The summed E-state index contributed by atoms with van der Waals surface area (Å²) in [6.07, 6.45) is 0.271. The van der Waals surface area contributed by atoms with Crippen LogP contribution >= 0.6 is 22.6 Å². The van der Waals surface area contributed by atoms with Gasteiger partial charge in [0.05, 0.1) is 0 Å². The molecule has 0 N–H and O–H groups in total. The third-order valence-electron chi connectivity index (χ3n) is 1.71. The number of hydrogen-bond acceptors (Lipinski definition) is 1. The molecule has 0 aliphatic carbocycles. The van der Waals surface area contributed by atoms with Crippen LogP contribution in [-0.4, -0.2) is 10.0 Å². The maximum Gasteiger partial charge on any atom is 0.119 e. The fourth-order valence-electron chi connectivity index (χ4n) is 0.807. The first kappa shape index (κ1) is 9.84. The summed E-state index contributed by atoms with van der Waals surface area (Å²) in [6, 6.07) is 9.93. The van der Waals surface area contributed by atoms with Gasteiger partial charge < -0.3 is 4.74 Å². The Hall–Kier alpha value is -0.250. The Balaban J connectivity index is 2.53. The fourth-order valence-corrected chi connectivity index (χ4v) is 0.954. The molecule has 0 bridgehead atoms. The quantitative estimate of drug-likeness (QED) is 0.608. The smallest absolute Gasteiger partial charge is 0.119 e. The molecule has 2 heteroatoms. The predicted octanol–water partition coefficient (Wildman–Crippen LogP) is 3.28. The maximum absolute atomic E-state index is 5.67. The third-order valence-corrected chi connectivity index (χ3v) is 2.72. The molecular formula is C10H13IO. The molecule has 0 spiro atoms. The van der Waals surface area contributed by atoms with Crippen LogP contribution < -0.4 is 4.74 Å². The van der Waals surface area contributed by atoms with Gasteiger partial charge >= 0.3 is 0 Å². The summed E-state index contributed by atoms with van der Waals surface area (Å²) >= 11 is 2.37. The van der Waals surface area contributed by atoms with E-state index in [1.54, 1.807) is 0 Å². The molecule has 0 saturated heterocycles. The normalized spacial score (nSPS) is 15.2. The first-order valence-electron chi connectivity index (χ1n) is 4.06. The third kappa shape index (κ3) is 3.01. The van der Waals surface area contributed by atoms with Crippen LogP contribution in [0, 0.1) is 0 Å². The molecule has 12 heavy (non-hydrogen) atoms. The summed E-state index contributed by atoms with van der Waals surface area (Å²) < 4.78 is 6.20. The fraction of sp³-hybridized carbons (Fsp3) is 0.400. The van der Waals surface area contributed by atoms with E-state index in [9.17, 15) is 0 Å². The number of halogens is 1. The van der Waals surface area contributed by atoms with Crippen LogP contribution in [0.1, 0.15) is 13.8 Å². The van der Waals surface area contributed by atoms with Crippen LogP contribution in [0.3, 0.4) is 0 Å². The number of hydrogen-bond donors (Lipinski definition) is 0. The molecule has 0 saturated carbocycles. The van der Waals surface area contributed by atoms with Gasteiger partial charge in [-0.25, -0.2) is 0 Å². The van der Waals surface area contributed by atoms with E-state index >= 15 is 0 Å². The lowest BCUT2D eigenvalue weighted by atomic mass is 10.3. The average molecular weight is 276 g/mol. The summed E-state index contributed by atoms with van der Waals surface area (Å²) in [7, 11) is 0. The first-order valence-corrected chi connectivity index (χ1v) is 5.30. The number of ether oxygens (including phenoxy) is 1. The number of benzene rings is 1. The second kappa shape index (κ2) is 4.70. The van der Waals surface area contributed by atoms with Crippen LogP contribution in [0.2, 0.25) is 0 Å². The summed E-state index contributed by atoms with van der Waals surface area (Å²) in [5, 5.41) is 0. The molecule has 1 aromatic carbocycles. The van der Waals surface area contributed by atoms with E-state index < -0.39 is 0 Å². The molecule has 0 amide bonds. The SMILES string of the molecule is CC(I)C(C)Oc1ccccc1. The van der Waals surface area contributed by atoms with Crippen molar-refractivity contribution in [2.45, 2.75) is 23.9 Å². The van der Waals surface area contributed by atoms with Crippen molar-refractivity contribution in [3.8, 4) is 5.75 Å². The molecule has 0 aliphatic rings.